The SMILES string of the molecule is C.C1CCOC1.CN1CCN(c2ccc(Nc3ncc(N)cn3)cc2)CC1.COC(=O)c1cc(C(=O)Nc2cc(C(F)(F)F)ccc2F)ccc1C.Cc1ccc(C(=O)Nc2cc(C(F)(F)F)ccc2F)cc1C(=O)O.Cc1ccc(C(=O)Nc2cc(C(F)(F)F)ccc2F)cc1I.Cc1ccc(C(=O)O)cc1I.Nc1cc(C(F)(F)F)ccc1F. The van der Waals surface area contributed by atoms with E-state index in [1.54, 1.807) is 43.6 Å². The number of nitrogens with one attached hydrogen (secondary N) is 4. The molecule has 2 saturated heterocycles. The lowest BCUT2D eigenvalue weighted by Gasteiger charge is -2.34. The van der Waals surface area contributed by atoms with Gasteiger partial charge in [0.05, 0.1) is 86.9 Å². The van der Waals surface area contributed by atoms with Gasteiger partial charge in [0.25, 0.3) is 17.7 Å². The van der Waals surface area contributed by atoms with Crippen molar-refractivity contribution >= 4 is 127 Å². The summed E-state index contributed by atoms with van der Waals surface area (Å²) >= 11 is 4.15. The number of carbonyl (C=O) groups excluding carboxylic acids is 4. The summed E-state index contributed by atoms with van der Waals surface area (Å²) < 4.78 is 214. The molecule has 121 heavy (non-hydrogen) atoms. The first-order valence-corrected chi connectivity index (χ1v) is 37.2. The van der Waals surface area contributed by atoms with Crippen LogP contribution in [0.2, 0.25) is 0 Å². The summed E-state index contributed by atoms with van der Waals surface area (Å²) in [6.07, 6.45) is -12.7. The van der Waals surface area contributed by atoms with Crippen LogP contribution in [0.15, 0.2) is 182 Å². The molecule has 38 heteroatoms. The fourth-order valence-corrected chi connectivity index (χ4v) is 11.1. The van der Waals surface area contributed by atoms with Gasteiger partial charge in [0.1, 0.15) is 23.3 Å². The van der Waals surface area contributed by atoms with Crippen LogP contribution in [0.4, 0.5) is 116 Å². The molecule has 646 valence electrons. The fourth-order valence-electron chi connectivity index (χ4n) is 10.1. The van der Waals surface area contributed by atoms with Gasteiger partial charge in [0, 0.05) is 74.6 Å². The number of carbonyl (C=O) groups is 6. The number of hydrogen-bond acceptors (Lipinski definition) is 15. The van der Waals surface area contributed by atoms with Gasteiger partial charge in [-0.25, -0.2) is 41.9 Å². The third-order valence-corrected chi connectivity index (χ3v) is 19.3. The molecule has 3 heterocycles. The third kappa shape index (κ3) is 31.5. The van der Waals surface area contributed by atoms with Crippen LogP contribution in [-0.4, -0.2) is 114 Å². The van der Waals surface area contributed by atoms with E-state index in [4.69, 9.17) is 26.4 Å². The molecule has 20 nitrogen and oxygen atoms in total. The van der Waals surface area contributed by atoms with Gasteiger partial charge >= 0.3 is 42.6 Å². The maximum absolute atomic E-state index is 13.7. The molecule has 0 atom stereocenters. The molecule has 0 radical (unpaired) electrons. The molecular formula is C83H78F16I2N10O10. The molecule has 12 rings (SSSR count). The summed E-state index contributed by atoms with van der Waals surface area (Å²) in [5.41, 5.74) is 10.3. The number of piperazine rings is 1. The number of benzene rings is 9. The summed E-state index contributed by atoms with van der Waals surface area (Å²) in [5.74, 6) is -8.52. The number of rotatable bonds is 12. The molecule has 0 saturated carbocycles. The van der Waals surface area contributed by atoms with Gasteiger partial charge in [0.15, 0.2) is 0 Å². The number of nitrogens with two attached hydrogens (primary N) is 2. The van der Waals surface area contributed by atoms with Crippen LogP contribution in [0.5, 0.6) is 0 Å². The van der Waals surface area contributed by atoms with Crippen LogP contribution in [0.1, 0.15) is 127 Å². The lowest BCUT2D eigenvalue weighted by atomic mass is 10.0. The average Bonchev–Trinajstić information content (AvgIpc) is 0.895. The molecule has 0 bridgehead atoms. The smallest absolute Gasteiger partial charge is 0.416 e. The molecule has 2 aliphatic heterocycles. The van der Waals surface area contributed by atoms with Crippen LogP contribution in [0, 0.1) is 58.1 Å². The second-order valence-corrected chi connectivity index (χ2v) is 28.2. The number of methoxy groups -OCH3 is 1. The first-order chi connectivity index (χ1) is 56.1. The van der Waals surface area contributed by atoms with Crippen molar-refractivity contribution in [3.63, 3.8) is 0 Å². The van der Waals surface area contributed by atoms with Crippen molar-refractivity contribution in [1.29, 1.82) is 0 Å². The monoisotopic (exact) mass is 1930 g/mol. The van der Waals surface area contributed by atoms with Gasteiger partial charge in [-0.15, -0.1) is 0 Å². The Hall–Kier alpha value is -11.7. The van der Waals surface area contributed by atoms with Gasteiger partial charge in [-0.1, -0.05) is 31.7 Å². The van der Waals surface area contributed by atoms with E-state index in [-0.39, 0.29) is 35.2 Å². The largest absolute Gasteiger partial charge is 0.478 e. The Morgan fingerprint density at radius 3 is 1.17 bits per heavy atom. The number of anilines is 8. The Labute approximate surface area is 710 Å². The molecule has 0 aliphatic carbocycles. The highest BCUT2D eigenvalue weighted by atomic mass is 127. The first-order valence-electron chi connectivity index (χ1n) is 35.0. The first kappa shape index (κ1) is 99.9. The van der Waals surface area contributed by atoms with Gasteiger partial charge in [0.2, 0.25) is 5.95 Å². The highest BCUT2D eigenvalue weighted by molar-refractivity contribution is 14.1. The molecule has 9 aromatic carbocycles. The van der Waals surface area contributed by atoms with Crippen LogP contribution in [0.25, 0.3) is 0 Å². The number of halogens is 18. The summed E-state index contributed by atoms with van der Waals surface area (Å²) in [7, 11) is 3.34. The van der Waals surface area contributed by atoms with E-state index in [1.807, 2.05) is 60.0 Å². The predicted molar refractivity (Wildman–Crippen MR) is 442 cm³/mol. The van der Waals surface area contributed by atoms with Gasteiger partial charge in [-0.3, -0.25) is 14.4 Å². The highest BCUT2D eigenvalue weighted by Crippen LogP contribution is 2.36. The van der Waals surface area contributed by atoms with Crippen LogP contribution < -0.4 is 37.6 Å². The number of nitrogen functional groups attached to an aromatic ring is 2. The van der Waals surface area contributed by atoms with Crippen LogP contribution >= 0.6 is 45.2 Å². The molecule has 1 aromatic heterocycles. The minimum absolute atomic E-state index is 0. The van der Waals surface area contributed by atoms with Crippen LogP contribution in [0.3, 0.4) is 0 Å². The van der Waals surface area contributed by atoms with E-state index >= 15 is 0 Å². The van der Waals surface area contributed by atoms with Crippen molar-refractivity contribution in [3.05, 3.63) is 291 Å². The number of esters is 1. The zero-order valence-corrected chi connectivity index (χ0v) is 68.2. The van der Waals surface area contributed by atoms with Crippen molar-refractivity contribution in [2.75, 3.05) is 91.2 Å². The van der Waals surface area contributed by atoms with Gasteiger partial charge in [-0.2, -0.15) is 52.7 Å². The van der Waals surface area contributed by atoms with Crippen molar-refractivity contribution in [2.24, 2.45) is 0 Å². The molecule has 10 aromatic rings. The lowest BCUT2D eigenvalue weighted by molar-refractivity contribution is -0.138. The predicted octanol–water partition coefficient (Wildman–Crippen LogP) is 21.0. The number of aromatic nitrogens is 2. The van der Waals surface area contributed by atoms with Crippen molar-refractivity contribution < 1.29 is 119 Å². The Morgan fingerprint density at radius 1 is 0.455 bits per heavy atom. The number of nitrogens with zero attached hydrogens (tertiary/aromatic N) is 4. The second-order valence-electron chi connectivity index (χ2n) is 25.9. The maximum Gasteiger partial charge on any atom is 0.416 e. The number of alkyl halides is 12. The second kappa shape index (κ2) is 45.1. The standard InChI is InChI=1S/C17H13F4NO3.C16H11F4NO3.C15H10F4INO.C15H20N6.C8H7IO2.C7H5F4N.C4H8O.CH4/c1-9-3-4-10(7-12(9)16(24)25-2)15(23)22-14-8-11(17(19,20)21)5-6-13(14)18;1-8-2-3-9(6-11(8)15(23)24)14(22)21-13-7-10(16(18,19)20)4-5-12(13)17;1-8-2-3-9(6-12(8)20)14(22)21-13-7-10(15(17,18)19)4-5-11(13)16;1-20-6-8-21(9-7-20)14-4-2-13(3-5-14)19-15-17-10-12(16)11-18-15;1-5-2-3-6(8(10)11)4-7(5)9;8-5-2-1-4(3-6(5)12)7(9,10)11;1-2-4-5-3-1;/h3-8H,1-2H3,(H,22,23);2-7H,1H3,(H,21,22)(H,23,24);2-7H,1H3,(H,21,22);2-5,10-11H,6-9,16H2,1H3,(H,17,18,19);2-4H,1H3,(H,10,11);1-3H,12H2;1-4H2;1H4. The van der Waals surface area contributed by atoms with E-state index in [2.05, 4.69) is 82.2 Å². The molecule has 2 aliphatic rings. The van der Waals surface area contributed by atoms with Gasteiger partial charge in [-0.05, 0) is 261 Å². The third-order valence-electron chi connectivity index (χ3n) is 16.9. The molecule has 3 amide bonds. The lowest BCUT2D eigenvalue weighted by Crippen LogP contribution is -2.44. The number of likely N-dealkylation sites (N-methyl/N-ethyl adjacent to an activating group) is 1. The van der Waals surface area contributed by atoms with Crippen molar-refractivity contribution in [3.8, 4) is 0 Å². The molecule has 2 fully saturated rings. The summed E-state index contributed by atoms with van der Waals surface area (Å²) in [4.78, 5) is 82.4. The van der Waals surface area contributed by atoms with Gasteiger partial charge < -0.3 is 62.2 Å². The molecular weight excluding hydrogens is 1850 g/mol. The molecule has 10 N–H and O–H groups in total. The van der Waals surface area contributed by atoms with Crippen molar-refractivity contribution in [2.45, 2.75) is 72.7 Å². The number of carboxylic acid groups (broad SMARTS) is 2. The highest BCUT2D eigenvalue weighted by Gasteiger charge is 2.35. The van der Waals surface area contributed by atoms with E-state index in [1.165, 1.54) is 69.0 Å². The van der Waals surface area contributed by atoms with Crippen molar-refractivity contribution in [1.82, 2.24) is 14.9 Å². The number of aromatic carboxylic acids is 2. The minimum atomic E-state index is -4.69. The average molecular weight is 1930 g/mol. The quantitative estimate of drug-likeness (QED) is 0.0244. The zero-order valence-electron chi connectivity index (χ0n) is 63.9. The van der Waals surface area contributed by atoms with E-state index < -0.39 is 129 Å². The Balaban J connectivity index is 0.000000259. The van der Waals surface area contributed by atoms with E-state index in [0.717, 1.165) is 69.4 Å². The van der Waals surface area contributed by atoms with E-state index in [9.17, 15) is 99.0 Å². The summed E-state index contributed by atoms with van der Waals surface area (Å²) in [6.45, 7) is 13.3. The maximum atomic E-state index is 13.7. The number of aryl methyl sites for hydroxylation is 4. The molecule has 0 unspecified atom stereocenters. The minimum Gasteiger partial charge on any atom is -0.478 e. The number of amides is 3. The number of hydrogen-bond donors (Lipinski definition) is 8. The number of carboxylic acids is 2. The number of ether oxygens (including phenoxy) is 2. The zero-order chi connectivity index (χ0) is 89.3. The van der Waals surface area contributed by atoms with Crippen LogP contribution in [-0.2, 0) is 34.2 Å². The normalized spacial score (nSPS) is 12.4. The Kier molecular flexibility index (Phi) is 37.2. The fraction of sp³-hybridized carbons (Fsp3) is 0.229. The summed E-state index contributed by atoms with van der Waals surface area (Å²) in [6, 6.07) is 33.2. The Morgan fingerprint density at radius 2 is 0.810 bits per heavy atom. The van der Waals surface area contributed by atoms with E-state index in [0.29, 0.717) is 101 Å². The molecule has 0 spiro atoms. The topological polar surface area (TPSA) is 294 Å². The Bertz CT molecular complexity index is 5240. The summed E-state index contributed by atoms with van der Waals surface area (Å²) in [5, 5.41) is 27.0.